The molecule has 0 fully saturated rings. The molecule has 7 heteroatoms. The summed E-state index contributed by atoms with van der Waals surface area (Å²) in [5.74, 6) is 0.111. The van der Waals surface area contributed by atoms with Crippen LogP contribution < -0.4 is 4.74 Å². The number of para-hydroxylation sites is 1. The number of ether oxygens (including phenoxy) is 3. The summed E-state index contributed by atoms with van der Waals surface area (Å²) in [7, 11) is 1.26. The molecule has 1 heterocycles. The van der Waals surface area contributed by atoms with Crippen molar-refractivity contribution < 1.29 is 19.0 Å². The van der Waals surface area contributed by atoms with E-state index in [9.17, 15) is 4.79 Å². The number of aromatic nitrogens is 2. The Morgan fingerprint density at radius 2 is 2.17 bits per heavy atom. The quantitative estimate of drug-likeness (QED) is 0.349. The van der Waals surface area contributed by atoms with Crippen LogP contribution in [0.5, 0.6) is 11.6 Å². The largest absolute Gasteiger partial charge is 0.485 e. The Kier molecular flexibility index (Phi) is 5.66. The van der Waals surface area contributed by atoms with Gasteiger partial charge in [-0.05, 0) is 6.07 Å². The lowest BCUT2D eigenvalue weighted by atomic mass is 10.1. The molecule has 0 aliphatic carbocycles. The lowest BCUT2D eigenvalue weighted by Gasteiger charge is -2.11. The van der Waals surface area contributed by atoms with Gasteiger partial charge in [0.25, 0.3) is 0 Å². The van der Waals surface area contributed by atoms with Crippen molar-refractivity contribution in [3.8, 4) is 17.7 Å². The standard InChI is InChI=1S/C16H13N3O4/c1-21-16(20)13(10-22-9-7-17)12-4-2-3-5-14(12)23-15-6-8-18-11-19-15/h2-6,8,10-11H,9H2,1H3/b13-10+. The van der Waals surface area contributed by atoms with Gasteiger partial charge in [0.2, 0.25) is 5.88 Å². The molecule has 0 saturated heterocycles. The zero-order valence-corrected chi connectivity index (χ0v) is 12.3. The average Bonchev–Trinajstić information content (AvgIpc) is 2.60. The fourth-order valence-electron chi connectivity index (χ4n) is 1.72. The van der Waals surface area contributed by atoms with E-state index in [1.54, 1.807) is 30.3 Å². The Morgan fingerprint density at radius 3 is 2.87 bits per heavy atom. The Labute approximate surface area is 132 Å². The Morgan fingerprint density at radius 1 is 1.35 bits per heavy atom. The number of rotatable bonds is 6. The molecule has 1 aromatic heterocycles. The van der Waals surface area contributed by atoms with E-state index in [0.717, 1.165) is 0 Å². The van der Waals surface area contributed by atoms with Gasteiger partial charge < -0.3 is 14.2 Å². The molecule has 0 amide bonds. The summed E-state index contributed by atoms with van der Waals surface area (Å²) in [6, 6.07) is 10.3. The van der Waals surface area contributed by atoms with E-state index in [0.29, 0.717) is 17.2 Å². The molecule has 0 spiro atoms. The molecule has 7 nitrogen and oxygen atoms in total. The number of carbonyl (C=O) groups is 1. The minimum Gasteiger partial charge on any atom is -0.485 e. The fourth-order valence-corrected chi connectivity index (χ4v) is 1.72. The van der Waals surface area contributed by atoms with Gasteiger partial charge in [-0.15, -0.1) is 0 Å². The smallest absolute Gasteiger partial charge is 0.341 e. The highest BCUT2D eigenvalue weighted by atomic mass is 16.5. The zero-order chi connectivity index (χ0) is 16.5. The first-order valence-electron chi connectivity index (χ1n) is 6.56. The van der Waals surface area contributed by atoms with Gasteiger partial charge in [0.1, 0.15) is 23.7 Å². The maximum absolute atomic E-state index is 12.0. The van der Waals surface area contributed by atoms with Crippen LogP contribution in [0.25, 0.3) is 5.57 Å². The molecule has 1 aromatic carbocycles. The third-order valence-electron chi connectivity index (χ3n) is 2.70. The van der Waals surface area contributed by atoms with Crippen LogP contribution in [0.1, 0.15) is 5.56 Å². The van der Waals surface area contributed by atoms with Crippen LogP contribution in [-0.2, 0) is 14.3 Å². The SMILES string of the molecule is COC(=O)/C(=C/OCC#N)c1ccccc1Oc1ccncn1. The Hall–Kier alpha value is -3.40. The van der Waals surface area contributed by atoms with Gasteiger partial charge in [-0.3, -0.25) is 0 Å². The van der Waals surface area contributed by atoms with E-state index < -0.39 is 5.97 Å². The lowest BCUT2D eigenvalue weighted by Crippen LogP contribution is -2.06. The molecule has 0 saturated carbocycles. The first-order chi connectivity index (χ1) is 11.3. The van der Waals surface area contributed by atoms with Crippen molar-refractivity contribution in [2.75, 3.05) is 13.7 Å². The highest BCUT2D eigenvalue weighted by molar-refractivity contribution is 6.17. The summed E-state index contributed by atoms with van der Waals surface area (Å²) in [5.41, 5.74) is 0.586. The van der Waals surface area contributed by atoms with Gasteiger partial charge in [-0.1, -0.05) is 18.2 Å². The highest BCUT2D eigenvalue weighted by Gasteiger charge is 2.18. The Bertz CT molecular complexity index is 738. The maximum Gasteiger partial charge on any atom is 0.341 e. The molecule has 2 aromatic rings. The second-order valence-electron chi connectivity index (χ2n) is 4.14. The van der Waals surface area contributed by atoms with Gasteiger partial charge in [-0.25, -0.2) is 14.8 Å². The molecular formula is C16H13N3O4. The first-order valence-corrected chi connectivity index (χ1v) is 6.56. The second-order valence-corrected chi connectivity index (χ2v) is 4.14. The molecule has 23 heavy (non-hydrogen) atoms. The van der Waals surface area contributed by atoms with Gasteiger partial charge in [0.15, 0.2) is 6.61 Å². The summed E-state index contributed by atoms with van der Waals surface area (Å²) in [5, 5.41) is 8.54. The number of hydrogen-bond donors (Lipinski definition) is 0. The molecule has 0 bridgehead atoms. The predicted octanol–water partition coefficient (Wildman–Crippen LogP) is 2.32. The minimum atomic E-state index is -0.610. The monoisotopic (exact) mass is 311 g/mol. The number of hydrogen-bond acceptors (Lipinski definition) is 7. The van der Waals surface area contributed by atoms with Gasteiger partial charge in [-0.2, -0.15) is 5.26 Å². The van der Waals surface area contributed by atoms with E-state index in [1.807, 2.05) is 6.07 Å². The summed E-state index contributed by atoms with van der Waals surface area (Å²) < 4.78 is 15.4. The van der Waals surface area contributed by atoms with Crippen molar-refractivity contribution in [3.63, 3.8) is 0 Å². The molecule has 116 valence electrons. The minimum absolute atomic E-state index is 0.132. The number of esters is 1. The zero-order valence-electron chi connectivity index (χ0n) is 12.3. The number of nitrogens with zero attached hydrogens (tertiary/aromatic N) is 3. The van der Waals surface area contributed by atoms with Crippen LogP contribution in [0.15, 0.2) is 49.1 Å². The summed E-state index contributed by atoms with van der Waals surface area (Å²) in [6.45, 7) is -0.185. The third-order valence-corrected chi connectivity index (χ3v) is 2.70. The van der Waals surface area contributed by atoms with E-state index in [1.165, 1.54) is 25.9 Å². The molecule has 0 unspecified atom stereocenters. The average molecular weight is 311 g/mol. The first kappa shape index (κ1) is 16.0. The molecular weight excluding hydrogens is 298 g/mol. The van der Waals surface area contributed by atoms with Crippen molar-refractivity contribution >= 4 is 11.5 Å². The summed E-state index contributed by atoms with van der Waals surface area (Å²) in [4.78, 5) is 19.8. The number of nitriles is 1. The molecule has 0 aliphatic rings. The van der Waals surface area contributed by atoms with Crippen molar-refractivity contribution in [1.82, 2.24) is 9.97 Å². The lowest BCUT2D eigenvalue weighted by molar-refractivity contribution is -0.133. The van der Waals surface area contributed by atoms with Crippen LogP contribution in [-0.4, -0.2) is 29.7 Å². The van der Waals surface area contributed by atoms with Crippen LogP contribution in [0.3, 0.4) is 0 Å². The summed E-state index contributed by atoms with van der Waals surface area (Å²) in [6.07, 6.45) is 4.07. The molecule has 0 aliphatic heterocycles. The molecule has 0 radical (unpaired) electrons. The van der Waals surface area contributed by atoms with E-state index >= 15 is 0 Å². The van der Waals surface area contributed by atoms with E-state index in [4.69, 9.17) is 19.5 Å². The van der Waals surface area contributed by atoms with Gasteiger partial charge in [0.05, 0.1) is 13.4 Å². The van der Waals surface area contributed by atoms with E-state index in [2.05, 4.69) is 9.97 Å². The fraction of sp³-hybridized carbons (Fsp3) is 0.125. The van der Waals surface area contributed by atoms with Crippen LogP contribution in [0.4, 0.5) is 0 Å². The molecule has 0 N–H and O–H groups in total. The highest BCUT2D eigenvalue weighted by Crippen LogP contribution is 2.30. The predicted molar refractivity (Wildman–Crippen MR) is 80.1 cm³/mol. The maximum atomic E-state index is 12.0. The topological polar surface area (TPSA) is 94.3 Å². The normalized spacial score (nSPS) is 10.5. The molecule has 0 atom stereocenters. The van der Waals surface area contributed by atoms with Crippen LogP contribution in [0.2, 0.25) is 0 Å². The third kappa shape index (κ3) is 4.28. The van der Waals surface area contributed by atoms with Crippen molar-refractivity contribution in [3.05, 3.63) is 54.7 Å². The van der Waals surface area contributed by atoms with Crippen molar-refractivity contribution in [2.24, 2.45) is 0 Å². The second kappa shape index (κ2) is 8.14. The number of methoxy groups -OCH3 is 1. The number of carbonyl (C=O) groups excluding carboxylic acids is 1. The van der Waals surface area contributed by atoms with Crippen LogP contribution in [0, 0.1) is 11.3 Å². The van der Waals surface area contributed by atoms with Gasteiger partial charge >= 0.3 is 5.97 Å². The molecule has 2 rings (SSSR count). The number of benzene rings is 1. The van der Waals surface area contributed by atoms with Gasteiger partial charge in [0, 0.05) is 17.8 Å². The van der Waals surface area contributed by atoms with E-state index in [-0.39, 0.29) is 12.2 Å². The Balaban J connectivity index is 2.37. The van der Waals surface area contributed by atoms with Crippen molar-refractivity contribution in [1.29, 1.82) is 5.26 Å². The summed E-state index contributed by atoms with van der Waals surface area (Å²) >= 11 is 0. The van der Waals surface area contributed by atoms with Crippen LogP contribution >= 0.6 is 0 Å². The van der Waals surface area contributed by atoms with Crippen molar-refractivity contribution in [2.45, 2.75) is 0 Å².